The van der Waals surface area contributed by atoms with E-state index in [1.54, 1.807) is 12.1 Å². The Morgan fingerprint density at radius 2 is 2.10 bits per heavy atom. The second kappa shape index (κ2) is 8.24. The van der Waals surface area contributed by atoms with E-state index in [9.17, 15) is 9.59 Å². The molecular formula is C15H22N2O4. The number of ether oxygens (including phenoxy) is 1. The van der Waals surface area contributed by atoms with E-state index >= 15 is 0 Å². The Hall–Kier alpha value is -2.11. The molecule has 0 saturated heterocycles. The molecule has 1 aromatic heterocycles. The molecule has 1 rings (SSSR count). The molecule has 0 bridgehead atoms. The number of carboxylic acids is 1. The average molecular weight is 294 g/mol. The van der Waals surface area contributed by atoms with Crippen LogP contribution in [0.5, 0.6) is 5.88 Å². The molecule has 0 radical (unpaired) electrons. The molecule has 21 heavy (non-hydrogen) atoms. The fourth-order valence-electron chi connectivity index (χ4n) is 1.73. The lowest BCUT2D eigenvalue weighted by molar-refractivity contribution is -0.139. The van der Waals surface area contributed by atoms with E-state index in [0.717, 1.165) is 12.8 Å². The summed E-state index contributed by atoms with van der Waals surface area (Å²) in [5, 5.41) is 11.6. The molecule has 6 heteroatoms. The molecule has 0 saturated carbocycles. The lowest BCUT2D eigenvalue weighted by Gasteiger charge is -2.14. The molecule has 6 nitrogen and oxygen atoms in total. The van der Waals surface area contributed by atoms with Gasteiger partial charge in [0.05, 0.1) is 11.7 Å². The van der Waals surface area contributed by atoms with Crippen LogP contribution in [0.15, 0.2) is 18.3 Å². The van der Waals surface area contributed by atoms with Crippen LogP contribution in [0.1, 0.15) is 50.4 Å². The highest BCUT2D eigenvalue weighted by molar-refractivity contribution is 5.96. The molecule has 1 atom stereocenters. The van der Waals surface area contributed by atoms with E-state index in [0.29, 0.717) is 17.9 Å². The van der Waals surface area contributed by atoms with Crippen molar-refractivity contribution in [2.75, 3.05) is 0 Å². The van der Waals surface area contributed by atoms with E-state index in [4.69, 9.17) is 9.84 Å². The number of aromatic nitrogens is 1. The van der Waals surface area contributed by atoms with Crippen molar-refractivity contribution in [2.45, 2.75) is 52.2 Å². The number of pyridine rings is 1. The van der Waals surface area contributed by atoms with Gasteiger partial charge in [0, 0.05) is 12.3 Å². The number of amides is 1. The molecule has 0 aliphatic heterocycles. The normalized spacial score (nSPS) is 12.0. The smallest absolute Gasteiger partial charge is 0.326 e. The Labute approximate surface area is 124 Å². The van der Waals surface area contributed by atoms with Crippen molar-refractivity contribution in [3.05, 3.63) is 23.9 Å². The predicted molar refractivity (Wildman–Crippen MR) is 78.4 cm³/mol. The van der Waals surface area contributed by atoms with Crippen LogP contribution < -0.4 is 10.1 Å². The number of carboxylic acid groups (broad SMARTS) is 1. The number of carbonyl (C=O) groups is 2. The first kappa shape index (κ1) is 16.9. The van der Waals surface area contributed by atoms with Crippen molar-refractivity contribution in [1.29, 1.82) is 0 Å². The highest BCUT2D eigenvalue weighted by atomic mass is 16.5. The third-order valence-electron chi connectivity index (χ3n) is 2.80. The molecule has 0 aliphatic carbocycles. The number of aliphatic carboxylic acids is 1. The summed E-state index contributed by atoms with van der Waals surface area (Å²) in [6.07, 6.45) is 3.42. The van der Waals surface area contributed by atoms with E-state index < -0.39 is 17.9 Å². The zero-order valence-electron chi connectivity index (χ0n) is 12.6. The van der Waals surface area contributed by atoms with Crippen LogP contribution in [0.2, 0.25) is 0 Å². The minimum atomic E-state index is -1.02. The van der Waals surface area contributed by atoms with Crippen LogP contribution in [-0.2, 0) is 4.79 Å². The Morgan fingerprint density at radius 3 is 2.57 bits per heavy atom. The average Bonchev–Trinajstić information content (AvgIpc) is 2.43. The van der Waals surface area contributed by atoms with E-state index in [1.165, 1.54) is 6.20 Å². The molecule has 1 heterocycles. The van der Waals surface area contributed by atoms with Gasteiger partial charge >= 0.3 is 5.97 Å². The van der Waals surface area contributed by atoms with Crippen molar-refractivity contribution in [3.8, 4) is 5.88 Å². The number of hydrogen-bond donors (Lipinski definition) is 2. The van der Waals surface area contributed by atoms with Gasteiger partial charge < -0.3 is 15.2 Å². The summed E-state index contributed by atoms with van der Waals surface area (Å²) in [6, 6.07) is 2.29. The highest BCUT2D eigenvalue weighted by Gasteiger charge is 2.20. The molecule has 0 aromatic carbocycles. The van der Waals surface area contributed by atoms with Crippen molar-refractivity contribution in [3.63, 3.8) is 0 Å². The first-order valence-corrected chi connectivity index (χ1v) is 7.10. The topological polar surface area (TPSA) is 88.5 Å². The molecule has 1 aromatic rings. The summed E-state index contributed by atoms with van der Waals surface area (Å²) in [5.41, 5.74) is 0.314. The quantitative estimate of drug-likeness (QED) is 0.767. The predicted octanol–water partition coefficient (Wildman–Crippen LogP) is 2.24. The standard InChI is InChI=1S/C15H22N2O4/c1-4-5-6-12(15(19)20)17-14(18)11-7-8-13(16-9-11)21-10(2)3/h7-10,12H,4-6H2,1-3H3,(H,17,18)(H,19,20). The van der Waals surface area contributed by atoms with Crippen molar-refractivity contribution >= 4 is 11.9 Å². The SMILES string of the molecule is CCCCC(NC(=O)c1ccc(OC(C)C)nc1)C(=O)O. The zero-order valence-corrected chi connectivity index (χ0v) is 12.6. The van der Waals surface area contributed by atoms with Crippen molar-refractivity contribution in [1.82, 2.24) is 10.3 Å². The van der Waals surface area contributed by atoms with E-state index in [-0.39, 0.29) is 6.10 Å². The number of carbonyl (C=O) groups excluding carboxylic acids is 1. The summed E-state index contributed by atoms with van der Waals surface area (Å²) >= 11 is 0. The van der Waals surface area contributed by atoms with Gasteiger partial charge in [0.15, 0.2) is 0 Å². The summed E-state index contributed by atoms with van der Waals surface area (Å²) in [4.78, 5) is 27.1. The lowest BCUT2D eigenvalue weighted by atomic mass is 10.1. The van der Waals surface area contributed by atoms with Gasteiger partial charge in [-0.25, -0.2) is 9.78 Å². The highest BCUT2D eigenvalue weighted by Crippen LogP contribution is 2.10. The maximum atomic E-state index is 12.0. The first-order chi connectivity index (χ1) is 9.93. The first-order valence-electron chi connectivity index (χ1n) is 7.10. The molecule has 116 valence electrons. The number of nitrogens with zero attached hydrogens (tertiary/aromatic N) is 1. The largest absolute Gasteiger partial charge is 0.480 e. The van der Waals surface area contributed by atoms with Gasteiger partial charge in [0.25, 0.3) is 5.91 Å². The maximum Gasteiger partial charge on any atom is 0.326 e. The van der Waals surface area contributed by atoms with Crippen molar-refractivity contribution in [2.24, 2.45) is 0 Å². The third kappa shape index (κ3) is 5.81. The van der Waals surface area contributed by atoms with Gasteiger partial charge in [0.1, 0.15) is 6.04 Å². The molecule has 1 unspecified atom stereocenters. The van der Waals surface area contributed by atoms with Gasteiger partial charge in [-0.3, -0.25) is 4.79 Å². The molecule has 0 fully saturated rings. The summed E-state index contributed by atoms with van der Waals surface area (Å²) < 4.78 is 5.38. The number of unbranched alkanes of at least 4 members (excludes halogenated alkanes) is 1. The van der Waals surface area contributed by atoms with Crippen molar-refractivity contribution < 1.29 is 19.4 Å². The van der Waals surface area contributed by atoms with Gasteiger partial charge in [0.2, 0.25) is 5.88 Å². The minimum Gasteiger partial charge on any atom is -0.480 e. The molecule has 0 spiro atoms. The van der Waals surface area contributed by atoms with E-state index in [1.807, 2.05) is 20.8 Å². The maximum absolute atomic E-state index is 12.0. The molecule has 1 amide bonds. The van der Waals surface area contributed by atoms with Crippen LogP contribution in [-0.4, -0.2) is 34.1 Å². The van der Waals surface area contributed by atoms with Crippen LogP contribution >= 0.6 is 0 Å². The second-order valence-electron chi connectivity index (χ2n) is 5.06. The fraction of sp³-hybridized carbons (Fsp3) is 0.533. The Morgan fingerprint density at radius 1 is 1.38 bits per heavy atom. The zero-order chi connectivity index (χ0) is 15.8. The van der Waals surface area contributed by atoms with Gasteiger partial charge in [-0.05, 0) is 26.3 Å². The Balaban J connectivity index is 2.67. The van der Waals surface area contributed by atoms with Crippen LogP contribution in [0.25, 0.3) is 0 Å². The molecule has 0 aliphatic rings. The van der Waals surface area contributed by atoms with Crippen LogP contribution in [0, 0.1) is 0 Å². The minimum absolute atomic E-state index is 0.00242. The number of hydrogen-bond acceptors (Lipinski definition) is 4. The number of nitrogens with one attached hydrogen (secondary N) is 1. The molecule has 2 N–H and O–H groups in total. The Kier molecular flexibility index (Phi) is 6.65. The summed E-state index contributed by atoms with van der Waals surface area (Å²) in [5.74, 6) is -1.03. The van der Waals surface area contributed by atoms with Gasteiger partial charge in [-0.1, -0.05) is 19.8 Å². The fourth-order valence-corrected chi connectivity index (χ4v) is 1.73. The molecular weight excluding hydrogens is 272 g/mol. The Bertz CT molecular complexity index is 471. The van der Waals surface area contributed by atoms with E-state index in [2.05, 4.69) is 10.3 Å². The van der Waals surface area contributed by atoms with Crippen LogP contribution in [0.4, 0.5) is 0 Å². The second-order valence-corrected chi connectivity index (χ2v) is 5.06. The monoisotopic (exact) mass is 294 g/mol. The van der Waals surface area contributed by atoms with Gasteiger partial charge in [-0.2, -0.15) is 0 Å². The number of rotatable bonds is 8. The lowest BCUT2D eigenvalue weighted by Crippen LogP contribution is -2.40. The summed E-state index contributed by atoms with van der Waals surface area (Å²) in [6.45, 7) is 5.74. The van der Waals surface area contributed by atoms with Gasteiger partial charge in [-0.15, -0.1) is 0 Å². The summed E-state index contributed by atoms with van der Waals surface area (Å²) in [7, 11) is 0. The van der Waals surface area contributed by atoms with Crippen LogP contribution in [0.3, 0.4) is 0 Å². The third-order valence-corrected chi connectivity index (χ3v) is 2.80.